The van der Waals surface area contributed by atoms with Gasteiger partial charge in [0.25, 0.3) is 0 Å². The maximum absolute atomic E-state index is 10.7. The summed E-state index contributed by atoms with van der Waals surface area (Å²) in [4.78, 5) is 10.7. The van der Waals surface area contributed by atoms with Crippen LogP contribution >= 0.6 is 15.9 Å². The van der Waals surface area contributed by atoms with Crippen molar-refractivity contribution in [2.45, 2.75) is 37.8 Å². The summed E-state index contributed by atoms with van der Waals surface area (Å²) >= 11 is 3.41. The molecule has 1 amide bonds. The first-order valence-electron chi connectivity index (χ1n) is 6.11. The van der Waals surface area contributed by atoms with Gasteiger partial charge < -0.3 is 15.8 Å². The third-order valence-corrected chi connectivity index (χ3v) is 3.70. The Labute approximate surface area is 115 Å². The molecule has 1 aliphatic carbocycles. The summed E-state index contributed by atoms with van der Waals surface area (Å²) in [7, 11) is 0. The molecule has 0 radical (unpaired) electrons. The summed E-state index contributed by atoms with van der Waals surface area (Å²) in [6.45, 7) is 0. The van der Waals surface area contributed by atoms with Gasteiger partial charge in [-0.3, -0.25) is 0 Å². The molecule has 0 saturated heterocycles. The van der Waals surface area contributed by atoms with Crippen LogP contribution in [-0.4, -0.2) is 18.2 Å². The van der Waals surface area contributed by atoms with Crippen LogP contribution in [0.1, 0.15) is 25.7 Å². The van der Waals surface area contributed by atoms with Crippen molar-refractivity contribution in [2.75, 3.05) is 5.32 Å². The van der Waals surface area contributed by atoms with Gasteiger partial charge in [-0.15, -0.1) is 0 Å². The van der Waals surface area contributed by atoms with Crippen LogP contribution in [0.3, 0.4) is 0 Å². The number of halogens is 1. The maximum Gasteiger partial charge on any atom is 0.404 e. The lowest BCUT2D eigenvalue weighted by Crippen LogP contribution is -2.32. The minimum atomic E-state index is -0.667. The number of nitrogens with one attached hydrogen (secondary N) is 1. The molecule has 5 heteroatoms. The number of carbonyl (C=O) groups excluding carboxylic acids is 1. The van der Waals surface area contributed by atoms with Gasteiger partial charge in [0.1, 0.15) is 6.10 Å². The molecule has 1 saturated carbocycles. The van der Waals surface area contributed by atoms with E-state index in [1.807, 2.05) is 12.1 Å². The summed E-state index contributed by atoms with van der Waals surface area (Å²) in [5.41, 5.74) is 6.14. The van der Waals surface area contributed by atoms with Gasteiger partial charge in [0.05, 0.1) is 0 Å². The zero-order chi connectivity index (χ0) is 13.0. The normalized spacial score (nSPS) is 23.4. The minimum Gasteiger partial charge on any atom is -0.446 e. The van der Waals surface area contributed by atoms with Gasteiger partial charge in [0, 0.05) is 16.2 Å². The molecule has 0 atom stereocenters. The Bertz CT molecular complexity index is 400. The smallest absolute Gasteiger partial charge is 0.404 e. The first-order chi connectivity index (χ1) is 8.63. The van der Waals surface area contributed by atoms with Gasteiger partial charge in [-0.05, 0) is 49.9 Å². The number of nitrogens with two attached hydrogens (primary N) is 1. The zero-order valence-corrected chi connectivity index (χ0v) is 11.7. The van der Waals surface area contributed by atoms with Crippen molar-refractivity contribution < 1.29 is 9.53 Å². The van der Waals surface area contributed by atoms with E-state index < -0.39 is 6.09 Å². The molecular formula is C13H17BrN2O2. The molecule has 0 spiro atoms. The Morgan fingerprint density at radius 2 is 1.83 bits per heavy atom. The quantitative estimate of drug-likeness (QED) is 0.900. The Morgan fingerprint density at radius 3 is 2.39 bits per heavy atom. The number of ether oxygens (including phenoxy) is 1. The highest BCUT2D eigenvalue weighted by molar-refractivity contribution is 9.10. The first kappa shape index (κ1) is 13.2. The maximum atomic E-state index is 10.7. The Morgan fingerprint density at radius 1 is 1.22 bits per heavy atom. The predicted octanol–water partition coefficient (Wildman–Crippen LogP) is 3.27. The van der Waals surface area contributed by atoms with Gasteiger partial charge >= 0.3 is 6.09 Å². The van der Waals surface area contributed by atoms with E-state index in [0.717, 1.165) is 35.8 Å². The topological polar surface area (TPSA) is 64.4 Å². The summed E-state index contributed by atoms with van der Waals surface area (Å²) < 4.78 is 6.09. The molecule has 98 valence electrons. The van der Waals surface area contributed by atoms with E-state index in [2.05, 4.69) is 33.4 Å². The van der Waals surface area contributed by atoms with Gasteiger partial charge in [-0.25, -0.2) is 4.79 Å². The van der Waals surface area contributed by atoms with E-state index in [-0.39, 0.29) is 6.10 Å². The van der Waals surface area contributed by atoms with Crippen molar-refractivity contribution in [1.82, 2.24) is 0 Å². The number of anilines is 1. The minimum absolute atomic E-state index is 0.00883. The Hall–Kier alpha value is -1.23. The van der Waals surface area contributed by atoms with E-state index in [1.54, 1.807) is 0 Å². The van der Waals surface area contributed by atoms with E-state index in [9.17, 15) is 4.79 Å². The standard InChI is InChI=1S/C13H17BrN2O2/c14-9-1-3-10(4-2-9)16-11-5-7-12(8-6-11)18-13(15)17/h1-4,11-12,16H,5-8H2,(H2,15,17). The Balaban J connectivity index is 1.79. The molecule has 1 aromatic carbocycles. The molecule has 0 aromatic heterocycles. The largest absolute Gasteiger partial charge is 0.446 e. The van der Waals surface area contributed by atoms with Crippen LogP contribution in [0, 0.1) is 0 Å². The number of benzene rings is 1. The van der Waals surface area contributed by atoms with Gasteiger partial charge in [-0.2, -0.15) is 0 Å². The Kier molecular flexibility index (Phi) is 4.47. The first-order valence-corrected chi connectivity index (χ1v) is 6.91. The van der Waals surface area contributed by atoms with Crippen molar-refractivity contribution in [3.63, 3.8) is 0 Å². The van der Waals surface area contributed by atoms with E-state index in [1.165, 1.54) is 0 Å². The highest BCUT2D eigenvalue weighted by Crippen LogP contribution is 2.24. The molecule has 1 aromatic rings. The molecule has 1 aliphatic rings. The number of hydrogen-bond donors (Lipinski definition) is 2. The molecule has 0 unspecified atom stereocenters. The average molecular weight is 313 g/mol. The zero-order valence-electron chi connectivity index (χ0n) is 10.1. The van der Waals surface area contributed by atoms with Gasteiger partial charge in [-0.1, -0.05) is 15.9 Å². The van der Waals surface area contributed by atoms with E-state index in [0.29, 0.717) is 6.04 Å². The van der Waals surface area contributed by atoms with Crippen LogP contribution in [0.15, 0.2) is 28.7 Å². The molecule has 0 aliphatic heterocycles. The molecular weight excluding hydrogens is 296 g/mol. The fourth-order valence-corrected chi connectivity index (χ4v) is 2.54. The van der Waals surface area contributed by atoms with Gasteiger partial charge in [0.15, 0.2) is 0 Å². The summed E-state index contributed by atoms with van der Waals surface area (Å²) in [6.07, 6.45) is 3.06. The fourth-order valence-electron chi connectivity index (χ4n) is 2.27. The molecule has 18 heavy (non-hydrogen) atoms. The lowest BCUT2D eigenvalue weighted by molar-refractivity contribution is 0.0806. The predicted molar refractivity (Wildman–Crippen MR) is 74.5 cm³/mol. The van der Waals surface area contributed by atoms with Crippen LogP contribution in [0.4, 0.5) is 10.5 Å². The molecule has 0 bridgehead atoms. The number of rotatable bonds is 3. The van der Waals surface area contributed by atoms with Crippen LogP contribution in [0.25, 0.3) is 0 Å². The lowest BCUT2D eigenvalue weighted by atomic mass is 9.93. The average Bonchev–Trinajstić information content (AvgIpc) is 2.34. The molecule has 2 rings (SSSR count). The SMILES string of the molecule is NC(=O)OC1CCC(Nc2ccc(Br)cc2)CC1. The van der Waals surface area contributed by atoms with Crippen LogP contribution in [0.5, 0.6) is 0 Å². The van der Waals surface area contributed by atoms with Crippen molar-refractivity contribution in [3.8, 4) is 0 Å². The van der Waals surface area contributed by atoms with Crippen molar-refractivity contribution >= 4 is 27.7 Å². The molecule has 3 N–H and O–H groups in total. The van der Waals surface area contributed by atoms with Crippen LogP contribution in [-0.2, 0) is 4.74 Å². The van der Waals surface area contributed by atoms with Crippen molar-refractivity contribution in [2.24, 2.45) is 5.73 Å². The molecule has 1 fully saturated rings. The number of hydrogen-bond acceptors (Lipinski definition) is 3. The molecule has 4 nitrogen and oxygen atoms in total. The third-order valence-electron chi connectivity index (χ3n) is 3.17. The van der Waals surface area contributed by atoms with Crippen molar-refractivity contribution in [3.05, 3.63) is 28.7 Å². The summed E-state index contributed by atoms with van der Waals surface area (Å²) in [6, 6.07) is 8.58. The number of primary amides is 1. The second-order valence-corrected chi connectivity index (χ2v) is 5.48. The molecule has 0 heterocycles. The fraction of sp³-hybridized carbons (Fsp3) is 0.462. The van der Waals surface area contributed by atoms with Crippen LogP contribution < -0.4 is 11.1 Å². The number of amides is 1. The highest BCUT2D eigenvalue weighted by atomic mass is 79.9. The summed E-state index contributed by atoms with van der Waals surface area (Å²) in [5, 5.41) is 3.49. The lowest BCUT2D eigenvalue weighted by Gasteiger charge is -2.29. The monoisotopic (exact) mass is 312 g/mol. The second kappa shape index (κ2) is 6.09. The third kappa shape index (κ3) is 3.91. The number of carbonyl (C=O) groups is 1. The van der Waals surface area contributed by atoms with Crippen LogP contribution in [0.2, 0.25) is 0 Å². The van der Waals surface area contributed by atoms with E-state index >= 15 is 0 Å². The second-order valence-electron chi connectivity index (χ2n) is 4.56. The summed E-state index contributed by atoms with van der Waals surface area (Å²) in [5.74, 6) is 0. The van der Waals surface area contributed by atoms with Gasteiger partial charge in [0.2, 0.25) is 0 Å². The van der Waals surface area contributed by atoms with Crippen molar-refractivity contribution in [1.29, 1.82) is 0 Å². The van der Waals surface area contributed by atoms with E-state index in [4.69, 9.17) is 10.5 Å². The highest BCUT2D eigenvalue weighted by Gasteiger charge is 2.23.